The Morgan fingerprint density at radius 3 is 2.63 bits per heavy atom. The highest BCUT2D eigenvalue weighted by Crippen LogP contribution is 2.48. The van der Waals surface area contributed by atoms with Crippen LogP contribution in [-0.4, -0.2) is 52.6 Å². The van der Waals surface area contributed by atoms with Crippen LogP contribution in [0.4, 0.5) is 0 Å². The van der Waals surface area contributed by atoms with Gasteiger partial charge in [0, 0.05) is 12.0 Å². The molecule has 0 radical (unpaired) electrons. The van der Waals surface area contributed by atoms with Crippen molar-refractivity contribution in [2.24, 2.45) is 5.16 Å². The molecule has 4 rings (SSSR count). The van der Waals surface area contributed by atoms with Crippen molar-refractivity contribution < 1.29 is 33.8 Å². The van der Waals surface area contributed by atoms with E-state index >= 15 is 0 Å². The lowest BCUT2D eigenvalue weighted by Crippen LogP contribution is -3.10. The van der Waals surface area contributed by atoms with Gasteiger partial charge in [-0.2, -0.15) is 0 Å². The number of likely N-dealkylation sites (N-methyl/N-ethyl adjacent to an activating group) is 1. The minimum atomic E-state index is 0.0252. The molecule has 30 heavy (non-hydrogen) atoms. The lowest BCUT2D eigenvalue weighted by Gasteiger charge is -2.33. The fourth-order valence-corrected chi connectivity index (χ4v) is 4.32. The molecule has 2 aromatic carbocycles. The number of nitrogens with one attached hydrogen (secondary N) is 1. The lowest BCUT2D eigenvalue weighted by molar-refractivity contribution is -0.913. The van der Waals surface area contributed by atoms with Gasteiger partial charge >= 0.3 is 0 Å². The second-order valence-corrected chi connectivity index (χ2v) is 7.44. The van der Waals surface area contributed by atoms with E-state index in [2.05, 4.69) is 12.2 Å². The third-order valence-corrected chi connectivity index (χ3v) is 5.91. The zero-order chi connectivity index (χ0) is 21.3. The Morgan fingerprint density at radius 2 is 1.93 bits per heavy atom. The molecule has 1 unspecified atom stereocenters. The molecule has 0 fully saturated rings. The molecule has 2 heterocycles. The van der Waals surface area contributed by atoms with Crippen LogP contribution in [0.15, 0.2) is 29.4 Å². The third kappa shape index (κ3) is 3.37. The molecule has 0 spiro atoms. The fourth-order valence-electron chi connectivity index (χ4n) is 4.32. The molecule has 8 nitrogen and oxygen atoms in total. The average Bonchev–Trinajstić information content (AvgIpc) is 3.25. The molecule has 0 saturated carbocycles. The molecule has 0 bridgehead atoms. The summed E-state index contributed by atoms with van der Waals surface area (Å²) in [6.07, 6.45) is 1.42. The highest BCUT2D eigenvalue weighted by atomic mass is 16.7. The number of rotatable bonds is 6. The van der Waals surface area contributed by atoms with Crippen molar-refractivity contribution in [2.75, 3.05) is 41.7 Å². The topological polar surface area (TPSA) is 83.2 Å². The SMILES string of the molecule is COc1ccc(/C(C[C@H]2c3c(cc4c(c3OC)OCO4)CC[NH+]2C)=N/O)cc1OC. The number of methoxy groups -OCH3 is 3. The molecule has 2 atom stereocenters. The Hall–Kier alpha value is -3.13. The van der Waals surface area contributed by atoms with E-state index in [1.807, 2.05) is 24.3 Å². The smallest absolute Gasteiger partial charge is 0.231 e. The number of ether oxygens (including phenoxy) is 5. The number of benzene rings is 2. The van der Waals surface area contributed by atoms with Crippen LogP contribution in [0.5, 0.6) is 28.7 Å². The van der Waals surface area contributed by atoms with E-state index in [1.54, 1.807) is 21.3 Å². The van der Waals surface area contributed by atoms with Gasteiger partial charge in [-0.1, -0.05) is 5.16 Å². The van der Waals surface area contributed by atoms with E-state index in [-0.39, 0.29) is 12.8 Å². The summed E-state index contributed by atoms with van der Waals surface area (Å²) in [5.74, 6) is 3.28. The standard InChI is InChI=1S/C22H26N2O6/c1-24-8-7-14-10-19-21(30-12-29-19)22(28-4)20(14)16(24)11-15(23-25)13-5-6-17(26-2)18(9-13)27-3/h5-6,9-10,16,25H,7-8,11-12H2,1-4H3/p+1/b23-15+/t16-/m0/s1. The maximum atomic E-state index is 9.85. The zero-order valence-corrected chi connectivity index (χ0v) is 17.7. The molecule has 2 aliphatic heterocycles. The van der Waals surface area contributed by atoms with Gasteiger partial charge in [-0.15, -0.1) is 0 Å². The van der Waals surface area contributed by atoms with Crippen molar-refractivity contribution in [1.29, 1.82) is 0 Å². The van der Waals surface area contributed by atoms with Crippen LogP contribution in [0.3, 0.4) is 0 Å². The first-order valence-corrected chi connectivity index (χ1v) is 9.86. The van der Waals surface area contributed by atoms with Crippen molar-refractivity contribution >= 4 is 5.71 Å². The molecule has 160 valence electrons. The number of nitrogens with zero attached hydrogens (tertiary/aromatic N) is 1. The zero-order valence-electron chi connectivity index (χ0n) is 17.7. The highest BCUT2D eigenvalue weighted by molar-refractivity contribution is 6.01. The van der Waals surface area contributed by atoms with Crippen LogP contribution in [0.25, 0.3) is 0 Å². The largest absolute Gasteiger partial charge is 0.493 e. The van der Waals surface area contributed by atoms with Crippen LogP contribution in [0.2, 0.25) is 0 Å². The predicted molar refractivity (Wildman–Crippen MR) is 110 cm³/mol. The van der Waals surface area contributed by atoms with Crippen LogP contribution in [0.1, 0.15) is 29.2 Å². The molecular weight excluding hydrogens is 388 g/mol. The molecule has 0 saturated heterocycles. The third-order valence-electron chi connectivity index (χ3n) is 5.91. The molecule has 0 amide bonds. The van der Waals surface area contributed by atoms with E-state index in [4.69, 9.17) is 23.7 Å². The molecule has 2 aromatic rings. The van der Waals surface area contributed by atoms with Crippen LogP contribution < -0.4 is 28.6 Å². The Morgan fingerprint density at radius 1 is 1.13 bits per heavy atom. The summed E-state index contributed by atoms with van der Waals surface area (Å²) in [6.45, 7) is 1.14. The maximum Gasteiger partial charge on any atom is 0.231 e. The Bertz CT molecular complexity index is 975. The Kier molecular flexibility index (Phi) is 5.59. The number of hydrogen-bond donors (Lipinski definition) is 2. The summed E-state index contributed by atoms with van der Waals surface area (Å²) in [6, 6.07) is 7.57. The summed E-state index contributed by atoms with van der Waals surface area (Å²) < 4.78 is 27.8. The molecule has 8 heteroatoms. The van der Waals surface area contributed by atoms with Crippen LogP contribution in [0, 0.1) is 0 Å². The Balaban J connectivity index is 1.73. The number of hydrogen-bond acceptors (Lipinski definition) is 7. The van der Waals surface area contributed by atoms with E-state index in [0.29, 0.717) is 35.1 Å². The van der Waals surface area contributed by atoms with Gasteiger partial charge in [0.15, 0.2) is 23.0 Å². The molecular formula is C22H27N2O6+. The normalized spacial score (nSPS) is 19.9. The lowest BCUT2D eigenvalue weighted by atomic mass is 9.87. The minimum absolute atomic E-state index is 0.0252. The second-order valence-electron chi connectivity index (χ2n) is 7.44. The van der Waals surface area contributed by atoms with Crippen molar-refractivity contribution in [3.05, 3.63) is 41.0 Å². The first-order chi connectivity index (χ1) is 14.6. The first-order valence-electron chi connectivity index (χ1n) is 9.86. The minimum Gasteiger partial charge on any atom is -0.493 e. The van der Waals surface area contributed by atoms with Crippen molar-refractivity contribution in [1.82, 2.24) is 0 Å². The van der Waals surface area contributed by atoms with Gasteiger partial charge in [0.25, 0.3) is 0 Å². The van der Waals surface area contributed by atoms with Gasteiger partial charge in [-0.25, -0.2) is 0 Å². The van der Waals surface area contributed by atoms with E-state index < -0.39 is 0 Å². The summed E-state index contributed by atoms with van der Waals surface area (Å²) in [5.41, 5.74) is 3.59. The van der Waals surface area contributed by atoms with Gasteiger partial charge in [0.1, 0.15) is 6.04 Å². The molecule has 0 aromatic heterocycles. The quantitative estimate of drug-likeness (QED) is 0.426. The summed E-state index contributed by atoms with van der Waals surface area (Å²) in [5, 5.41) is 13.5. The van der Waals surface area contributed by atoms with Crippen LogP contribution in [-0.2, 0) is 6.42 Å². The average molecular weight is 415 g/mol. The van der Waals surface area contributed by atoms with E-state index in [0.717, 1.165) is 29.8 Å². The summed E-state index contributed by atoms with van der Waals surface area (Å²) in [7, 11) is 6.96. The number of quaternary nitrogens is 1. The molecule has 0 aliphatic carbocycles. The van der Waals surface area contributed by atoms with E-state index in [1.165, 1.54) is 10.5 Å². The summed E-state index contributed by atoms with van der Waals surface area (Å²) >= 11 is 0. The van der Waals surface area contributed by atoms with Crippen molar-refractivity contribution in [3.63, 3.8) is 0 Å². The van der Waals surface area contributed by atoms with Gasteiger partial charge in [0.2, 0.25) is 12.5 Å². The second kappa shape index (κ2) is 8.31. The molecule has 2 N–H and O–H groups in total. The summed E-state index contributed by atoms with van der Waals surface area (Å²) in [4.78, 5) is 1.31. The Labute approximate surface area is 175 Å². The monoisotopic (exact) mass is 415 g/mol. The van der Waals surface area contributed by atoms with Crippen LogP contribution >= 0.6 is 0 Å². The number of oxime groups is 1. The van der Waals surface area contributed by atoms with Gasteiger partial charge in [0.05, 0.1) is 52.6 Å². The van der Waals surface area contributed by atoms with E-state index in [9.17, 15) is 5.21 Å². The fraction of sp³-hybridized carbons (Fsp3) is 0.409. The van der Waals surface area contributed by atoms with Crippen molar-refractivity contribution in [2.45, 2.75) is 18.9 Å². The van der Waals surface area contributed by atoms with Crippen molar-refractivity contribution in [3.8, 4) is 28.7 Å². The number of fused-ring (bicyclic) bond motifs is 2. The first kappa shape index (κ1) is 20.2. The molecule has 2 aliphatic rings. The predicted octanol–water partition coefficient (Wildman–Crippen LogP) is 1.82. The van der Waals surface area contributed by atoms with Gasteiger partial charge in [-0.3, -0.25) is 0 Å². The maximum absolute atomic E-state index is 9.85. The van der Waals surface area contributed by atoms with Gasteiger partial charge < -0.3 is 33.8 Å². The van der Waals surface area contributed by atoms with Gasteiger partial charge in [-0.05, 0) is 29.8 Å². The highest BCUT2D eigenvalue weighted by Gasteiger charge is 2.37.